The summed E-state index contributed by atoms with van der Waals surface area (Å²) < 4.78 is 20.0. The Bertz CT molecular complexity index is 1310. The molecule has 1 aliphatic rings. The number of furan rings is 1. The summed E-state index contributed by atoms with van der Waals surface area (Å²) in [7, 11) is 0. The molecule has 0 unspecified atom stereocenters. The van der Waals surface area contributed by atoms with Gasteiger partial charge in [0, 0.05) is 29.9 Å². The summed E-state index contributed by atoms with van der Waals surface area (Å²) in [5, 5.41) is 13.4. The highest BCUT2D eigenvalue weighted by molar-refractivity contribution is 6.06. The van der Waals surface area contributed by atoms with Crippen molar-refractivity contribution < 1.29 is 18.7 Å². The highest BCUT2D eigenvalue weighted by Crippen LogP contribution is 2.44. The molecule has 2 aromatic heterocycles. The number of fused-ring (bicyclic) bond motifs is 1. The number of nitrogens with two attached hydrogens (primary N) is 1. The van der Waals surface area contributed by atoms with Crippen LogP contribution >= 0.6 is 0 Å². The molecule has 4 N–H and O–H groups in total. The lowest BCUT2D eigenvalue weighted by molar-refractivity contribution is -0.114. The normalized spacial score (nSPS) is 14.5. The standard InChI is InChI=1S/C25H24FN5O3/c26-17-5-1-15(2-6-17)21-22-24(31-11-9-19(32)10-12-31)28-14-29-25(22)34-23(21)16-3-7-18(8-4-16)30-20(33)13-27/h1-8,14,19,32H,9-13,27H2,(H,30,33). The van der Waals surface area contributed by atoms with Gasteiger partial charge in [-0.3, -0.25) is 4.79 Å². The van der Waals surface area contributed by atoms with Gasteiger partial charge in [0.2, 0.25) is 11.6 Å². The molecule has 174 valence electrons. The molecule has 0 radical (unpaired) electrons. The Morgan fingerprint density at radius 3 is 2.44 bits per heavy atom. The molecule has 0 aliphatic carbocycles. The van der Waals surface area contributed by atoms with Gasteiger partial charge in [0.05, 0.1) is 18.0 Å². The van der Waals surface area contributed by atoms with E-state index in [9.17, 15) is 14.3 Å². The number of rotatable bonds is 5. The summed E-state index contributed by atoms with van der Waals surface area (Å²) in [6.07, 6.45) is 2.45. The second-order valence-corrected chi connectivity index (χ2v) is 8.24. The van der Waals surface area contributed by atoms with Crippen LogP contribution in [0.5, 0.6) is 0 Å². The van der Waals surface area contributed by atoms with Gasteiger partial charge in [-0.25, -0.2) is 14.4 Å². The number of benzene rings is 2. The van der Waals surface area contributed by atoms with Crippen LogP contribution in [0.25, 0.3) is 33.6 Å². The molecule has 1 amide bonds. The Morgan fingerprint density at radius 2 is 1.76 bits per heavy atom. The van der Waals surface area contributed by atoms with E-state index in [4.69, 9.17) is 10.2 Å². The van der Waals surface area contributed by atoms with Crippen LogP contribution < -0.4 is 16.0 Å². The summed E-state index contributed by atoms with van der Waals surface area (Å²) in [5.41, 5.74) is 8.71. The van der Waals surface area contributed by atoms with Gasteiger partial charge in [0.25, 0.3) is 0 Å². The second kappa shape index (κ2) is 9.20. The maximum atomic E-state index is 13.7. The number of nitrogens with zero attached hydrogens (tertiary/aromatic N) is 3. The predicted octanol–water partition coefficient (Wildman–Crippen LogP) is 3.55. The third-order valence-electron chi connectivity index (χ3n) is 5.98. The number of carbonyl (C=O) groups is 1. The van der Waals surface area contributed by atoms with Crippen molar-refractivity contribution in [1.29, 1.82) is 0 Å². The topological polar surface area (TPSA) is 118 Å². The molecule has 1 saturated heterocycles. The zero-order valence-electron chi connectivity index (χ0n) is 18.4. The van der Waals surface area contributed by atoms with E-state index >= 15 is 0 Å². The van der Waals surface area contributed by atoms with E-state index in [1.807, 2.05) is 12.1 Å². The van der Waals surface area contributed by atoms with Gasteiger partial charge in [0.1, 0.15) is 23.7 Å². The van der Waals surface area contributed by atoms with Crippen LogP contribution in [-0.2, 0) is 4.79 Å². The fourth-order valence-corrected chi connectivity index (χ4v) is 4.25. The number of hydrogen-bond acceptors (Lipinski definition) is 7. The molecule has 0 atom stereocenters. The third kappa shape index (κ3) is 4.23. The fourth-order valence-electron chi connectivity index (χ4n) is 4.25. The van der Waals surface area contributed by atoms with Gasteiger partial charge < -0.3 is 25.5 Å². The number of nitrogens with one attached hydrogen (secondary N) is 1. The van der Waals surface area contributed by atoms with Crippen molar-refractivity contribution in [3.05, 3.63) is 60.7 Å². The van der Waals surface area contributed by atoms with Crippen LogP contribution in [0.2, 0.25) is 0 Å². The smallest absolute Gasteiger partial charge is 0.238 e. The molecule has 1 fully saturated rings. The molecule has 3 heterocycles. The molecular formula is C25H24FN5O3. The summed E-state index contributed by atoms with van der Waals surface area (Å²) in [5.74, 6) is 0.671. The number of hydrogen-bond donors (Lipinski definition) is 3. The molecule has 0 saturated carbocycles. The quantitative estimate of drug-likeness (QED) is 0.416. The average molecular weight is 461 g/mol. The Morgan fingerprint density at radius 1 is 1.09 bits per heavy atom. The van der Waals surface area contributed by atoms with Crippen molar-refractivity contribution in [2.24, 2.45) is 5.73 Å². The average Bonchev–Trinajstić information content (AvgIpc) is 3.25. The van der Waals surface area contributed by atoms with Crippen molar-refractivity contribution in [3.8, 4) is 22.5 Å². The highest BCUT2D eigenvalue weighted by atomic mass is 19.1. The zero-order chi connectivity index (χ0) is 23.7. The van der Waals surface area contributed by atoms with Gasteiger partial charge >= 0.3 is 0 Å². The van der Waals surface area contributed by atoms with Crippen LogP contribution in [0.3, 0.4) is 0 Å². The maximum absolute atomic E-state index is 13.7. The first-order valence-electron chi connectivity index (χ1n) is 11.1. The van der Waals surface area contributed by atoms with Crippen molar-refractivity contribution >= 4 is 28.5 Å². The first kappa shape index (κ1) is 22.0. The number of amides is 1. The van der Waals surface area contributed by atoms with Gasteiger partial charge in [0.15, 0.2) is 0 Å². The lowest BCUT2D eigenvalue weighted by Gasteiger charge is -2.30. The van der Waals surface area contributed by atoms with Crippen LogP contribution in [0.4, 0.5) is 15.9 Å². The highest BCUT2D eigenvalue weighted by Gasteiger charge is 2.26. The van der Waals surface area contributed by atoms with E-state index in [0.717, 1.165) is 27.9 Å². The first-order chi connectivity index (χ1) is 16.5. The minimum atomic E-state index is -0.334. The van der Waals surface area contributed by atoms with E-state index in [-0.39, 0.29) is 24.4 Å². The number of aromatic nitrogens is 2. The lowest BCUT2D eigenvalue weighted by Crippen LogP contribution is -2.36. The monoisotopic (exact) mass is 461 g/mol. The minimum Gasteiger partial charge on any atom is -0.437 e. The molecule has 5 rings (SSSR count). The second-order valence-electron chi connectivity index (χ2n) is 8.24. The van der Waals surface area contributed by atoms with E-state index in [1.165, 1.54) is 18.5 Å². The van der Waals surface area contributed by atoms with Gasteiger partial charge in [-0.1, -0.05) is 12.1 Å². The Kier molecular flexibility index (Phi) is 5.95. The molecule has 2 aromatic carbocycles. The number of aliphatic hydroxyl groups is 1. The maximum Gasteiger partial charge on any atom is 0.238 e. The Labute approximate surface area is 195 Å². The number of anilines is 2. The van der Waals surface area contributed by atoms with Crippen LogP contribution in [-0.4, -0.2) is 46.7 Å². The number of aliphatic hydroxyl groups excluding tert-OH is 1. The molecule has 9 heteroatoms. The predicted molar refractivity (Wildman–Crippen MR) is 128 cm³/mol. The van der Waals surface area contributed by atoms with Crippen molar-refractivity contribution in [3.63, 3.8) is 0 Å². The fraction of sp³-hybridized carbons (Fsp3) is 0.240. The Balaban J connectivity index is 1.66. The summed E-state index contributed by atoms with van der Waals surface area (Å²) in [6.45, 7) is 1.22. The third-order valence-corrected chi connectivity index (χ3v) is 5.98. The SMILES string of the molecule is NCC(=O)Nc1ccc(-c2oc3ncnc(N4CCC(O)CC4)c3c2-c2ccc(F)cc2)cc1. The lowest BCUT2D eigenvalue weighted by atomic mass is 9.98. The largest absolute Gasteiger partial charge is 0.437 e. The van der Waals surface area contributed by atoms with Crippen LogP contribution in [0.15, 0.2) is 59.3 Å². The van der Waals surface area contributed by atoms with Crippen molar-refractivity contribution in [2.75, 3.05) is 29.9 Å². The minimum absolute atomic E-state index is 0.102. The zero-order valence-corrected chi connectivity index (χ0v) is 18.4. The first-order valence-corrected chi connectivity index (χ1v) is 11.1. The van der Waals surface area contributed by atoms with Crippen LogP contribution in [0.1, 0.15) is 12.8 Å². The van der Waals surface area contributed by atoms with Gasteiger partial charge in [-0.15, -0.1) is 0 Å². The molecule has 8 nitrogen and oxygen atoms in total. The summed E-state index contributed by atoms with van der Waals surface area (Å²) in [6, 6.07) is 13.4. The molecule has 34 heavy (non-hydrogen) atoms. The number of halogens is 1. The summed E-state index contributed by atoms with van der Waals surface area (Å²) in [4.78, 5) is 22.7. The Hall–Kier alpha value is -3.82. The molecular weight excluding hydrogens is 437 g/mol. The molecule has 0 spiro atoms. The van der Waals surface area contributed by atoms with Gasteiger partial charge in [-0.2, -0.15) is 0 Å². The van der Waals surface area contributed by atoms with Gasteiger partial charge in [-0.05, 0) is 54.8 Å². The van der Waals surface area contributed by atoms with Crippen LogP contribution in [0, 0.1) is 5.82 Å². The molecule has 4 aromatic rings. The van der Waals surface area contributed by atoms with Crippen molar-refractivity contribution in [1.82, 2.24) is 9.97 Å². The van der Waals surface area contributed by atoms with Crippen molar-refractivity contribution in [2.45, 2.75) is 18.9 Å². The van der Waals surface area contributed by atoms with E-state index in [0.29, 0.717) is 43.1 Å². The number of piperidine rings is 1. The molecule has 0 bridgehead atoms. The van der Waals surface area contributed by atoms with E-state index in [1.54, 1.807) is 24.3 Å². The van der Waals surface area contributed by atoms with E-state index < -0.39 is 0 Å². The molecule has 1 aliphatic heterocycles. The summed E-state index contributed by atoms with van der Waals surface area (Å²) >= 11 is 0. The van der Waals surface area contributed by atoms with E-state index in [2.05, 4.69) is 20.2 Å². The number of carbonyl (C=O) groups excluding carboxylic acids is 1.